The van der Waals surface area contributed by atoms with E-state index >= 15 is 0 Å². The molecule has 0 saturated heterocycles. The van der Waals surface area contributed by atoms with Gasteiger partial charge in [0, 0.05) is 6.54 Å². The van der Waals surface area contributed by atoms with Crippen LogP contribution in [0, 0.1) is 5.82 Å². The number of benzene rings is 1. The molecule has 1 atom stereocenters. The summed E-state index contributed by atoms with van der Waals surface area (Å²) in [5.74, 6) is -1.20. The Bertz CT molecular complexity index is 543. The molecule has 20 heavy (non-hydrogen) atoms. The molecule has 0 radical (unpaired) electrons. The molecule has 0 fully saturated rings. The molecule has 1 unspecified atom stereocenters. The number of carbonyl (C=O) groups is 1. The van der Waals surface area contributed by atoms with E-state index < -0.39 is 15.9 Å². The molecule has 1 amide bonds. The summed E-state index contributed by atoms with van der Waals surface area (Å²) >= 11 is 0. The lowest BCUT2D eigenvalue weighted by Gasteiger charge is -2.15. The number of nitrogens with one attached hydrogen (secondary N) is 2. The van der Waals surface area contributed by atoms with Crippen LogP contribution in [0.15, 0.2) is 24.3 Å². The lowest BCUT2D eigenvalue weighted by molar-refractivity contribution is -0.122. The van der Waals surface area contributed by atoms with Crippen LogP contribution in [-0.4, -0.2) is 33.7 Å². The van der Waals surface area contributed by atoms with Crippen molar-refractivity contribution in [1.82, 2.24) is 10.0 Å². The molecule has 0 spiro atoms. The molecular weight excluding hydrogens is 283 g/mol. The zero-order chi connectivity index (χ0) is 15.2. The van der Waals surface area contributed by atoms with Crippen LogP contribution < -0.4 is 10.0 Å². The lowest BCUT2D eigenvalue weighted by Crippen LogP contribution is -2.35. The Labute approximate surface area is 118 Å². The van der Waals surface area contributed by atoms with Gasteiger partial charge in [0.1, 0.15) is 5.82 Å². The normalized spacial score (nSPS) is 12.9. The van der Waals surface area contributed by atoms with Crippen LogP contribution in [0.4, 0.5) is 4.39 Å². The van der Waals surface area contributed by atoms with Crippen molar-refractivity contribution >= 4 is 15.9 Å². The van der Waals surface area contributed by atoms with E-state index in [2.05, 4.69) is 10.0 Å². The number of amides is 1. The molecule has 7 heteroatoms. The summed E-state index contributed by atoms with van der Waals surface area (Å²) in [4.78, 5) is 12.0. The average Bonchev–Trinajstić information content (AvgIpc) is 2.41. The topological polar surface area (TPSA) is 75.3 Å². The second-order valence-electron chi connectivity index (χ2n) is 4.33. The van der Waals surface area contributed by atoms with Gasteiger partial charge in [-0.1, -0.05) is 19.1 Å². The van der Waals surface area contributed by atoms with Gasteiger partial charge in [0.25, 0.3) is 0 Å². The molecule has 0 aromatic heterocycles. The minimum Gasteiger partial charge on any atom is -0.354 e. The second-order valence-corrected chi connectivity index (χ2v) is 6.37. The molecule has 0 bridgehead atoms. The third-order valence-corrected chi connectivity index (χ3v) is 4.34. The summed E-state index contributed by atoms with van der Waals surface area (Å²) < 4.78 is 37.5. The van der Waals surface area contributed by atoms with Gasteiger partial charge in [0.05, 0.1) is 11.7 Å². The minimum atomic E-state index is -3.33. The first-order valence-corrected chi connectivity index (χ1v) is 7.99. The highest BCUT2D eigenvalue weighted by Crippen LogP contribution is 2.19. The Morgan fingerprint density at radius 3 is 2.40 bits per heavy atom. The van der Waals surface area contributed by atoms with Gasteiger partial charge < -0.3 is 5.32 Å². The minimum absolute atomic E-state index is 0.0414. The highest BCUT2D eigenvalue weighted by molar-refractivity contribution is 7.89. The number of halogens is 1. The van der Waals surface area contributed by atoms with E-state index in [9.17, 15) is 17.6 Å². The van der Waals surface area contributed by atoms with Gasteiger partial charge in [0.15, 0.2) is 0 Å². The third kappa shape index (κ3) is 4.90. The van der Waals surface area contributed by atoms with Crippen LogP contribution >= 0.6 is 0 Å². The molecule has 0 aliphatic rings. The maximum absolute atomic E-state index is 12.9. The van der Waals surface area contributed by atoms with Crippen molar-refractivity contribution in [2.24, 2.45) is 0 Å². The lowest BCUT2D eigenvalue weighted by atomic mass is 9.95. The van der Waals surface area contributed by atoms with Crippen LogP contribution in [0.2, 0.25) is 0 Å². The standard InChI is InChI=1S/C13H19FN2O3S/c1-3-12(10-4-6-11(14)7-5-10)13(17)16-8-9-20(18,19)15-2/h4-7,12,15H,3,8-9H2,1-2H3,(H,16,17). The smallest absolute Gasteiger partial charge is 0.227 e. The maximum Gasteiger partial charge on any atom is 0.227 e. The predicted molar refractivity (Wildman–Crippen MR) is 75.3 cm³/mol. The molecule has 0 aliphatic heterocycles. The van der Waals surface area contributed by atoms with Crippen molar-refractivity contribution in [2.75, 3.05) is 19.3 Å². The number of carbonyl (C=O) groups excluding carboxylic acids is 1. The SMILES string of the molecule is CCC(C(=O)NCCS(=O)(=O)NC)c1ccc(F)cc1. The molecule has 2 N–H and O–H groups in total. The van der Waals surface area contributed by atoms with Crippen LogP contribution in [0.25, 0.3) is 0 Å². The predicted octanol–water partition coefficient (Wildman–Crippen LogP) is 0.985. The summed E-state index contributed by atoms with van der Waals surface area (Å²) in [5.41, 5.74) is 0.711. The first kappa shape index (κ1) is 16.6. The Hall–Kier alpha value is -1.47. The van der Waals surface area contributed by atoms with Crippen LogP contribution in [0.1, 0.15) is 24.8 Å². The number of rotatable bonds is 7. The van der Waals surface area contributed by atoms with Crippen molar-refractivity contribution in [3.8, 4) is 0 Å². The highest BCUT2D eigenvalue weighted by Gasteiger charge is 2.19. The van der Waals surface area contributed by atoms with Gasteiger partial charge in [-0.2, -0.15) is 0 Å². The number of hydrogen-bond acceptors (Lipinski definition) is 3. The molecule has 112 valence electrons. The fourth-order valence-corrected chi connectivity index (χ4v) is 2.38. The van der Waals surface area contributed by atoms with Gasteiger partial charge in [0.2, 0.25) is 15.9 Å². The molecule has 0 saturated carbocycles. The Morgan fingerprint density at radius 1 is 1.30 bits per heavy atom. The van der Waals surface area contributed by atoms with Gasteiger partial charge >= 0.3 is 0 Å². The van der Waals surface area contributed by atoms with E-state index in [1.807, 2.05) is 6.92 Å². The van der Waals surface area contributed by atoms with Crippen LogP contribution in [-0.2, 0) is 14.8 Å². The average molecular weight is 302 g/mol. The Kier molecular flexibility index (Phi) is 6.09. The maximum atomic E-state index is 12.9. The summed E-state index contributed by atoms with van der Waals surface area (Å²) in [6.45, 7) is 1.89. The zero-order valence-corrected chi connectivity index (χ0v) is 12.3. The first-order valence-electron chi connectivity index (χ1n) is 6.34. The molecule has 5 nitrogen and oxygen atoms in total. The Balaban J connectivity index is 2.62. The van der Waals surface area contributed by atoms with E-state index in [-0.39, 0.29) is 24.0 Å². The van der Waals surface area contributed by atoms with E-state index in [0.29, 0.717) is 12.0 Å². The van der Waals surface area contributed by atoms with Gasteiger partial charge in [-0.15, -0.1) is 0 Å². The van der Waals surface area contributed by atoms with Crippen LogP contribution in [0.5, 0.6) is 0 Å². The van der Waals surface area contributed by atoms with Crippen molar-refractivity contribution < 1.29 is 17.6 Å². The zero-order valence-electron chi connectivity index (χ0n) is 11.5. The number of sulfonamides is 1. The largest absolute Gasteiger partial charge is 0.354 e. The van der Waals surface area contributed by atoms with Crippen LogP contribution in [0.3, 0.4) is 0 Å². The number of hydrogen-bond donors (Lipinski definition) is 2. The quantitative estimate of drug-likeness (QED) is 0.788. The van der Waals surface area contributed by atoms with E-state index in [1.165, 1.54) is 19.2 Å². The van der Waals surface area contributed by atoms with Crippen molar-refractivity contribution in [3.63, 3.8) is 0 Å². The van der Waals surface area contributed by atoms with Crippen molar-refractivity contribution in [2.45, 2.75) is 19.3 Å². The van der Waals surface area contributed by atoms with Gasteiger partial charge in [-0.3, -0.25) is 4.79 Å². The third-order valence-electron chi connectivity index (χ3n) is 2.98. The molecule has 1 aromatic carbocycles. The van der Waals surface area contributed by atoms with Gasteiger partial charge in [-0.05, 0) is 31.2 Å². The fraction of sp³-hybridized carbons (Fsp3) is 0.462. The molecule has 0 heterocycles. The van der Waals surface area contributed by atoms with E-state index in [0.717, 1.165) is 0 Å². The molecule has 0 aliphatic carbocycles. The first-order chi connectivity index (χ1) is 9.39. The molecule has 1 aromatic rings. The van der Waals surface area contributed by atoms with E-state index in [1.54, 1.807) is 12.1 Å². The van der Waals surface area contributed by atoms with E-state index in [4.69, 9.17) is 0 Å². The highest BCUT2D eigenvalue weighted by atomic mass is 32.2. The summed E-state index contributed by atoms with van der Waals surface area (Å²) in [5, 5.41) is 2.59. The summed E-state index contributed by atoms with van der Waals surface area (Å²) in [7, 11) is -2.01. The molecule has 1 rings (SSSR count). The van der Waals surface area contributed by atoms with Crippen molar-refractivity contribution in [1.29, 1.82) is 0 Å². The van der Waals surface area contributed by atoms with Gasteiger partial charge in [-0.25, -0.2) is 17.5 Å². The summed E-state index contributed by atoms with van der Waals surface area (Å²) in [6, 6.07) is 5.73. The monoisotopic (exact) mass is 302 g/mol. The van der Waals surface area contributed by atoms with Crippen molar-refractivity contribution in [3.05, 3.63) is 35.6 Å². The molecular formula is C13H19FN2O3S. The second kappa shape index (κ2) is 7.35. The summed E-state index contributed by atoms with van der Waals surface area (Å²) in [6.07, 6.45) is 0.552. The fourth-order valence-electron chi connectivity index (χ4n) is 1.80. The Morgan fingerprint density at radius 2 is 1.90 bits per heavy atom.